The van der Waals surface area contributed by atoms with E-state index < -0.39 is 17.6 Å². The number of aromatic nitrogens is 2. The molecule has 0 saturated heterocycles. The van der Waals surface area contributed by atoms with Gasteiger partial charge in [0.15, 0.2) is 17.1 Å². The molecule has 1 N–H and O–H groups in total. The maximum atomic E-state index is 14.2. The number of ether oxygens (including phenoxy) is 2. The van der Waals surface area contributed by atoms with Crippen molar-refractivity contribution in [3.8, 4) is 22.9 Å². The maximum absolute atomic E-state index is 14.2. The molecule has 0 aliphatic heterocycles. The summed E-state index contributed by atoms with van der Waals surface area (Å²) < 4.78 is 38.9. The lowest BCUT2D eigenvalue weighted by Crippen LogP contribution is -2.15. The SMILES string of the molecule is CCOC(=O)CCc1c(-c2cc3ccccc3nc2Oc2ccc(F)c(F)c2C)[nH]c(C)cc1=O. The number of hydrogen-bond acceptors (Lipinski definition) is 5. The molecule has 0 aliphatic carbocycles. The summed E-state index contributed by atoms with van der Waals surface area (Å²) in [5, 5.41) is 0.788. The number of pyridine rings is 2. The summed E-state index contributed by atoms with van der Waals surface area (Å²) in [6, 6.07) is 12.9. The minimum atomic E-state index is -1.01. The molecule has 8 heteroatoms. The maximum Gasteiger partial charge on any atom is 0.306 e. The number of nitrogens with one attached hydrogen (secondary N) is 1. The molecule has 0 amide bonds. The van der Waals surface area contributed by atoms with Gasteiger partial charge in [0.25, 0.3) is 0 Å². The Labute approximate surface area is 200 Å². The number of para-hydroxylation sites is 1. The third-order valence-corrected chi connectivity index (χ3v) is 5.61. The molecule has 0 fully saturated rings. The first-order chi connectivity index (χ1) is 16.8. The van der Waals surface area contributed by atoms with E-state index in [1.54, 1.807) is 19.9 Å². The van der Waals surface area contributed by atoms with Crippen LogP contribution in [0.3, 0.4) is 0 Å². The number of hydrogen-bond donors (Lipinski definition) is 1. The lowest BCUT2D eigenvalue weighted by Gasteiger charge is -2.16. The van der Waals surface area contributed by atoms with Crippen molar-refractivity contribution in [2.75, 3.05) is 6.61 Å². The van der Waals surface area contributed by atoms with E-state index >= 15 is 0 Å². The van der Waals surface area contributed by atoms with Gasteiger partial charge in [-0.25, -0.2) is 13.8 Å². The second-order valence-corrected chi connectivity index (χ2v) is 8.10. The molecular formula is C27H24F2N2O4. The predicted octanol–water partition coefficient (Wildman–Crippen LogP) is 5.77. The van der Waals surface area contributed by atoms with Crippen molar-refractivity contribution in [1.82, 2.24) is 9.97 Å². The van der Waals surface area contributed by atoms with Gasteiger partial charge in [-0.1, -0.05) is 18.2 Å². The Hall–Kier alpha value is -4.07. The van der Waals surface area contributed by atoms with Crippen LogP contribution in [-0.4, -0.2) is 22.5 Å². The summed E-state index contributed by atoms with van der Waals surface area (Å²) in [6.45, 7) is 5.12. The number of nitrogens with zero attached hydrogens (tertiary/aromatic N) is 1. The van der Waals surface area contributed by atoms with E-state index in [0.29, 0.717) is 28.0 Å². The summed E-state index contributed by atoms with van der Waals surface area (Å²) in [4.78, 5) is 32.8. The van der Waals surface area contributed by atoms with Gasteiger partial charge in [-0.15, -0.1) is 0 Å². The highest BCUT2D eigenvalue weighted by molar-refractivity contribution is 5.86. The van der Waals surface area contributed by atoms with Crippen LogP contribution in [-0.2, 0) is 16.0 Å². The molecule has 180 valence electrons. The van der Waals surface area contributed by atoms with Crippen LogP contribution in [0, 0.1) is 25.5 Å². The Balaban J connectivity index is 1.90. The average molecular weight is 478 g/mol. The Morgan fingerprint density at radius 1 is 1.09 bits per heavy atom. The number of aromatic amines is 1. The quantitative estimate of drug-likeness (QED) is 0.341. The van der Waals surface area contributed by atoms with Gasteiger partial charge in [0.1, 0.15) is 5.75 Å². The zero-order chi connectivity index (χ0) is 25.1. The highest BCUT2D eigenvalue weighted by Crippen LogP contribution is 2.36. The van der Waals surface area contributed by atoms with Gasteiger partial charge in [0.05, 0.1) is 23.4 Å². The molecule has 2 heterocycles. The third-order valence-electron chi connectivity index (χ3n) is 5.61. The number of esters is 1. The number of carbonyl (C=O) groups is 1. The molecule has 4 aromatic rings. The summed E-state index contributed by atoms with van der Waals surface area (Å²) in [5.41, 5.74) is 2.23. The van der Waals surface area contributed by atoms with Crippen molar-refractivity contribution in [1.29, 1.82) is 0 Å². The van der Waals surface area contributed by atoms with Gasteiger partial charge in [-0.2, -0.15) is 0 Å². The largest absolute Gasteiger partial charge is 0.466 e. The second kappa shape index (κ2) is 10.0. The summed E-state index contributed by atoms with van der Waals surface area (Å²) >= 11 is 0. The number of fused-ring (bicyclic) bond motifs is 1. The van der Waals surface area contributed by atoms with Crippen molar-refractivity contribution in [3.63, 3.8) is 0 Å². The lowest BCUT2D eigenvalue weighted by atomic mass is 10.00. The summed E-state index contributed by atoms with van der Waals surface area (Å²) in [5.74, 6) is -2.20. The Kier molecular flexibility index (Phi) is 6.91. The molecule has 6 nitrogen and oxygen atoms in total. The van der Waals surface area contributed by atoms with Crippen molar-refractivity contribution < 1.29 is 23.0 Å². The van der Waals surface area contributed by atoms with E-state index in [2.05, 4.69) is 9.97 Å². The first kappa shape index (κ1) is 24.1. The Morgan fingerprint density at radius 2 is 1.86 bits per heavy atom. The number of halogens is 2. The Bertz CT molecular complexity index is 1480. The molecule has 35 heavy (non-hydrogen) atoms. The van der Waals surface area contributed by atoms with Gasteiger partial charge in [0.2, 0.25) is 5.88 Å². The molecule has 0 aliphatic rings. The smallest absolute Gasteiger partial charge is 0.306 e. The van der Waals surface area contributed by atoms with E-state index in [4.69, 9.17) is 9.47 Å². The fourth-order valence-corrected chi connectivity index (χ4v) is 3.86. The van der Waals surface area contributed by atoms with Crippen LogP contribution in [0.5, 0.6) is 11.6 Å². The number of carbonyl (C=O) groups excluding carboxylic acids is 1. The zero-order valence-corrected chi connectivity index (χ0v) is 19.6. The first-order valence-corrected chi connectivity index (χ1v) is 11.2. The van der Waals surface area contributed by atoms with Crippen LogP contribution >= 0.6 is 0 Å². The van der Waals surface area contributed by atoms with E-state index in [1.807, 2.05) is 24.3 Å². The molecule has 0 saturated carbocycles. The molecule has 0 spiro atoms. The van der Waals surface area contributed by atoms with Crippen LogP contribution in [0.4, 0.5) is 8.78 Å². The molecule has 0 unspecified atom stereocenters. The van der Waals surface area contributed by atoms with Crippen LogP contribution < -0.4 is 10.2 Å². The van der Waals surface area contributed by atoms with Crippen LogP contribution in [0.25, 0.3) is 22.2 Å². The van der Waals surface area contributed by atoms with Gasteiger partial charge < -0.3 is 14.5 Å². The van der Waals surface area contributed by atoms with Crippen molar-refractivity contribution in [2.24, 2.45) is 0 Å². The number of rotatable bonds is 7. The van der Waals surface area contributed by atoms with Crippen LogP contribution in [0.1, 0.15) is 30.2 Å². The fraction of sp³-hybridized carbons (Fsp3) is 0.222. The molecule has 0 bridgehead atoms. The topological polar surface area (TPSA) is 81.3 Å². The van der Waals surface area contributed by atoms with E-state index in [-0.39, 0.29) is 42.1 Å². The molecule has 4 rings (SSSR count). The summed E-state index contributed by atoms with van der Waals surface area (Å²) in [7, 11) is 0. The van der Waals surface area contributed by atoms with Crippen molar-refractivity contribution >= 4 is 16.9 Å². The minimum Gasteiger partial charge on any atom is -0.466 e. The zero-order valence-electron chi connectivity index (χ0n) is 19.6. The average Bonchev–Trinajstić information content (AvgIpc) is 2.83. The molecular weight excluding hydrogens is 454 g/mol. The van der Waals surface area contributed by atoms with Crippen LogP contribution in [0.15, 0.2) is 53.3 Å². The van der Waals surface area contributed by atoms with Crippen LogP contribution in [0.2, 0.25) is 0 Å². The molecule has 0 atom stereocenters. The molecule has 2 aromatic heterocycles. The monoisotopic (exact) mass is 478 g/mol. The third kappa shape index (κ3) is 5.06. The van der Waals surface area contributed by atoms with Gasteiger partial charge in [-0.3, -0.25) is 9.59 Å². The Morgan fingerprint density at radius 3 is 2.63 bits per heavy atom. The van der Waals surface area contributed by atoms with E-state index in [1.165, 1.54) is 19.1 Å². The normalized spacial score (nSPS) is 11.0. The van der Waals surface area contributed by atoms with Crippen molar-refractivity contribution in [3.05, 3.63) is 87.2 Å². The first-order valence-electron chi connectivity index (χ1n) is 11.2. The molecule has 2 aromatic carbocycles. The molecule has 0 radical (unpaired) electrons. The van der Waals surface area contributed by atoms with Gasteiger partial charge in [0, 0.05) is 34.7 Å². The lowest BCUT2D eigenvalue weighted by molar-refractivity contribution is -0.143. The number of aryl methyl sites for hydroxylation is 1. The van der Waals surface area contributed by atoms with Gasteiger partial charge >= 0.3 is 5.97 Å². The van der Waals surface area contributed by atoms with Crippen molar-refractivity contribution in [2.45, 2.75) is 33.6 Å². The predicted molar refractivity (Wildman–Crippen MR) is 129 cm³/mol. The standard InChI is InChI=1S/C27H24F2N2O4/c1-4-34-24(33)12-9-18-22(32)13-15(2)30-26(18)19-14-17-7-5-6-8-21(17)31-27(19)35-23-11-10-20(28)25(29)16(23)3/h5-8,10-11,13-14H,4,9,12H2,1-3H3,(H,30,32). The highest BCUT2D eigenvalue weighted by Gasteiger charge is 2.20. The highest BCUT2D eigenvalue weighted by atomic mass is 19.2. The van der Waals surface area contributed by atoms with Gasteiger partial charge in [-0.05, 0) is 51.5 Å². The number of H-pyrrole nitrogens is 1. The summed E-state index contributed by atoms with van der Waals surface area (Å²) in [6.07, 6.45) is 0.159. The minimum absolute atomic E-state index is 0.00817. The second-order valence-electron chi connectivity index (χ2n) is 8.10. The number of benzene rings is 2. The fourth-order valence-electron chi connectivity index (χ4n) is 3.86. The van der Waals surface area contributed by atoms with E-state index in [0.717, 1.165) is 11.5 Å². The van der Waals surface area contributed by atoms with E-state index in [9.17, 15) is 18.4 Å².